The van der Waals surface area contributed by atoms with E-state index in [4.69, 9.17) is 11.5 Å². The molecule has 9 N–H and O–H groups in total. The van der Waals surface area contributed by atoms with Crippen molar-refractivity contribution in [2.45, 2.75) is 6.04 Å². The molecule has 0 fully saturated rings. The monoisotopic (exact) mass is 527 g/mol. The first-order valence-electron chi connectivity index (χ1n) is 10.7. The molecule has 1 atom stereocenters. The fraction of sp³-hybridized carbons (Fsp3) is 0.125. The van der Waals surface area contributed by atoms with Gasteiger partial charge in [0.2, 0.25) is 11.8 Å². The number of hydrogen-bond donors (Lipinski definition) is 7. The number of hydrogen-bond acceptors (Lipinski definition) is 6. The van der Waals surface area contributed by atoms with Gasteiger partial charge in [0.25, 0.3) is 5.91 Å². The van der Waals surface area contributed by atoms with E-state index in [1.807, 2.05) is 30.3 Å². The number of benzene rings is 3. The van der Waals surface area contributed by atoms with Crippen molar-refractivity contribution in [3.05, 3.63) is 72.3 Å². The molecule has 3 rings (SSSR count). The Labute approximate surface area is 217 Å². The molecule has 13 heteroatoms. The summed E-state index contributed by atoms with van der Waals surface area (Å²) in [4.78, 5) is 52.8. The average molecular weight is 528 g/mol. The van der Waals surface area contributed by atoms with E-state index in [1.165, 1.54) is 24.3 Å². The quantitative estimate of drug-likeness (QED) is 0.165. The topological polar surface area (TPSA) is 201 Å². The van der Waals surface area contributed by atoms with E-state index in [-0.39, 0.29) is 23.9 Å². The summed E-state index contributed by atoms with van der Waals surface area (Å²) in [6.07, 6.45) is 0. The van der Waals surface area contributed by atoms with E-state index in [0.717, 1.165) is 10.8 Å². The normalized spacial score (nSPS) is 10.8. The zero-order valence-corrected chi connectivity index (χ0v) is 20.2. The maximum Gasteiger partial charge on any atom is 0.319 e. The number of aliphatic hydroxyl groups excluding tert-OH is 1. The largest absolute Gasteiger partial charge is 0.394 e. The van der Waals surface area contributed by atoms with Crippen LogP contribution in [0.2, 0.25) is 0 Å². The molecular weight excluding hydrogens is 502 g/mol. The molecule has 3 aromatic carbocycles. The van der Waals surface area contributed by atoms with Gasteiger partial charge in [0.15, 0.2) is 5.96 Å². The molecule has 0 unspecified atom stereocenters. The van der Waals surface area contributed by atoms with Gasteiger partial charge in [-0.1, -0.05) is 36.4 Å². The lowest BCUT2D eigenvalue weighted by molar-refractivity contribution is -0.127. The molecule has 37 heavy (non-hydrogen) atoms. The van der Waals surface area contributed by atoms with Crippen LogP contribution in [0.3, 0.4) is 0 Å². The summed E-state index contributed by atoms with van der Waals surface area (Å²) < 4.78 is 0. The van der Waals surface area contributed by atoms with Crippen LogP contribution >= 0.6 is 12.4 Å². The number of carbonyl (C=O) groups excluding carboxylic acids is 4. The summed E-state index contributed by atoms with van der Waals surface area (Å²) in [6, 6.07) is 16.5. The van der Waals surface area contributed by atoms with Crippen LogP contribution in [-0.4, -0.2) is 54.0 Å². The van der Waals surface area contributed by atoms with Gasteiger partial charge >= 0.3 is 6.03 Å². The maximum atomic E-state index is 12.4. The molecule has 5 amide bonds. The second-order valence-electron chi connectivity index (χ2n) is 7.54. The molecule has 3 aromatic rings. The van der Waals surface area contributed by atoms with Crippen LogP contribution in [-0.2, 0) is 9.59 Å². The minimum absolute atomic E-state index is 0. The van der Waals surface area contributed by atoms with Crippen molar-refractivity contribution in [1.82, 2.24) is 16.0 Å². The zero-order valence-electron chi connectivity index (χ0n) is 19.4. The summed E-state index contributed by atoms with van der Waals surface area (Å²) in [5, 5.41) is 20.6. The Bertz CT molecular complexity index is 1310. The molecule has 0 radical (unpaired) electrons. The number of nitrogens with one attached hydrogen (secondary N) is 4. The van der Waals surface area contributed by atoms with Crippen LogP contribution in [0.15, 0.2) is 71.7 Å². The minimum Gasteiger partial charge on any atom is -0.394 e. The van der Waals surface area contributed by atoms with Crippen LogP contribution in [0.5, 0.6) is 0 Å². The molecular formula is C24H26ClN7O5. The second kappa shape index (κ2) is 13.4. The first-order valence-corrected chi connectivity index (χ1v) is 10.7. The van der Waals surface area contributed by atoms with E-state index in [1.54, 1.807) is 12.1 Å². The molecule has 194 valence electrons. The highest BCUT2D eigenvalue weighted by Crippen LogP contribution is 2.22. The fourth-order valence-electron chi connectivity index (χ4n) is 3.22. The highest BCUT2D eigenvalue weighted by Gasteiger charge is 2.21. The molecule has 12 nitrogen and oxygen atoms in total. The molecule has 0 saturated heterocycles. The van der Waals surface area contributed by atoms with Crippen LogP contribution in [0.1, 0.15) is 10.4 Å². The Balaban J connectivity index is 0.00000481. The lowest BCUT2D eigenvalue weighted by Gasteiger charge is -2.17. The van der Waals surface area contributed by atoms with E-state index >= 15 is 0 Å². The van der Waals surface area contributed by atoms with Crippen molar-refractivity contribution in [1.29, 1.82) is 0 Å². The third kappa shape index (κ3) is 8.19. The van der Waals surface area contributed by atoms with Gasteiger partial charge in [-0.25, -0.2) is 9.79 Å². The summed E-state index contributed by atoms with van der Waals surface area (Å²) >= 11 is 0. The molecule has 0 heterocycles. The van der Waals surface area contributed by atoms with Crippen molar-refractivity contribution in [3.8, 4) is 0 Å². The number of guanidine groups is 1. The molecule has 0 saturated carbocycles. The van der Waals surface area contributed by atoms with Gasteiger partial charge in [0.1, 0.15) is 6.04 Å². The Kier molecular flexibility index (Phi) is 10.4. The van der Waals surface area contributed by atoms with Crippen molar-refractivity contribution in [2.75, 3.05) is 18.5 Å². The summed E-state index contributed by atoms with van der Waals surface area (Å²) in [7, 11) is 0. The van der Waals surface area contributed by atoms with Crippen molar-refractivity contribution >= 4 is 64.3 Å². The number of halogens is 1. The van der Waals surface area contributed by atoms with Crippen LogP contribution in [0.4, 0.5) is 16.2 Å². The Hall–Kier alpha value is -4.68. The Morgan fingerprint density at radius 2 is 1.59 bits per heavy atom. The smallest absolute Gasteiger partial charge is 0.319 e. The predicted octanol–water partition coefficient (Wildman–Crippen LogP) is 0.722. The highest BCUT2D eigenvalue weighted by atomic mass is 35.5. The highest BCUT2D eigenvalue weighted by molar-refractivity contribution is 6.06. The number of nitrogens with zero attached hydrogens (tertiary/aromatic N) is 1. The van der Waals surface area contributed by atoms with E-state index in [2.05, 4.69) is 26.3 Å². The Morgan fingerprint density at radius 3 is 2.27 bits per heavy atom. The van der Waals surface area contributed by atoms with Crippen molar-refractivity contribution < 1.29 is 24.3 Å². The molecule has 0 aliphatic rings. The Morgan fingerprint density at radius 1 is 0.919 bits per heavy atom. The molecule has 0 bridgehead atoms. The van der Waals surface area contributed by atoms with E-state index in [0.29, 0.717) is 11.4 Å². The third-order valence-electron chi connectivity index (χ3n) is 4.91. The number of amides is 5. The summed E-state index contributed by atoms with van der Waals surface area (Å²) in [5.74, 6) is -2.44. The number of imide groups is 1. The van der Waals surface area contributed by atoms with E-state index < -0.39 is 42.9 Å². The SMILES string of the molecule is Cl.NC(N)=Nc1ccc(C(=O)NC(=O)CNC(=O)[C@H](CO)NC(=O)Nc2cccc3ccccc23)cc1. The number of aliphatic hydroxyl groups is 1. The van der Waals surface area contributed by atoms with Gasteiger partial charge in [-0.2, -0.15) is 0 Å². The van der Waals surface area contributed by atoms with Gasteiger partial charge in [-0.15, -0.1) is 12.4 Å². The lowest BCUT2D eigenvalue weighted by Crippen LogP contribution is -2.52. The number of rotatable bonds is 8. The first kappa shape index (κ1) is 28.6. The minimum atomic E-state index is -1.33. The second-order valence-corrected chi connectivity index (χ2v) is 7.54. The van der Waals surface area contributed by atoms with Crippen LogP contribution < -0.4 is 32.7 Å². The zero-order chi connectivity index (χ0) is 26.1. The number of carbonyl (C=O) groups is 4. The number of anilines is 1. The summed E-state index contributed by atoms with van der Waals surface area (Å²) in [6.45, 7) is -1.27. The van der Waals surface area contributed by atoms with Crippen molar-refractivity contribution in [2.24, 2.45) is 16.5 Å². The number of nitrogens with two attached hydrogens (primary N) is 2. The molecule has 0 aliphatic heterocycles. The van der Waals surface area contributed by atoms with Gasteiger partial charge in [0, 0.05) is 10.9 Å². The maximum absolute atomic E-state index is 12.4. The van der Waals surface area contributed by atoms with E-state index in [9.17, 15) is 24.3 Å². The van der Waals surface area contributed by atoms with Crippen molar-refractivity contribution in [3.63, 3.8) is 0 Å². The first-order chi connectivity index (χ1) is 17.3. The summed E-state index contributed by atoms with van der Waals surface area (Å²) in [5.41, 5.74) is 11.7. The fourth-order valence-corrected chi connectivity index (χ4v) is 3.22. The van der Waals surface area contributed by atoms with Gasteiger partial charge in [-0.3, -0.25) is 19.7 Å². The number of urea groups is 1. The number of fused-ring (bicyclic) bond motifs is 1. The number of aliphatic imine (C=N–C) groups is 1. The van der Waals surface area contributed by atoms with Gasteiger partial charge < -0.3 is 32.5 Å². The van der Waals surface area contributed by atoms with Crippen LogP contribution in [0, 0.1) is 0 Å². The lowest BCUT2D eigenvalue weighted by atomic mass is 10.1. The molecule has 0 aromatic heterocycles. The van der Waals surface area contributed by atoms with Crippen LogP contribution in [0.25, 0.3) is 10.8 Å². The predicted molar refractivity (Wildman–Crippen MR) is 142 cm³/mol. The standard InChI is InChI=1S/C24H25N7O5.ClH/c25-23(26)28-16-10-8-15(9-11-16)21(34)31-20(33)12-27-22(35)19(13-32)30-24(36)29-18-7-3-5-14-4-1-2-6-17(14)18;/h1-11,19,32H,12-13H2,(H,27,35)(H4,25,26,28)(H2,29,30,36)(H,31,33,34);1H/t19-;/m0./s1. The third-order valence-corrected chi connectivity index (χ3v) is 4.91. The average Bonchev–Trinajstić information content (AvgIpc) is 2.86. The molecule has 0 spiro atoms. The van der Waals surface area contributed by atoms with Gasteiger partial charge in [-0.05, 0) is 35.7 Å². The molecule has 0 aliphatic carbocycles. The van der Waals surface area contributed by atoms with Gasteiger partial charge in [0.05, 0.1) is 24.5 Å².